The number of rotatable bonds is 4. The van der Waals surface area contributed by atoms with Gasteiger partial charge in [0, 0.05) is 54.7 Å². The largest absolute Gasteiger partial charge is 0.382 e. The third kappa shape index (κ3) is 3.57. The van der Waals surface area contributed by atoms with Gasteiger partial charge in [-0.05, 0) is 30.4 Å². The Kier molecular flexibility index (Phi) is 5.14. The molecule has 0 atom stereocenters. The average molecular weight is 377 g/mol. The maximum Gasteiger partial charge on any atom is 0.258 e. The van der Waals surface area contributed by atoms with Crippen LogP contribution < -0.4 is 16.1 Å². The molecule has 0 unspecified atom stereocenters. The van der Waals surface area contributed by atoms with Crippen LogP contribution in [0.5, 0.6) is 0 Å². The normalized spacial score (nSPS) is 15.2. The third-order valence-corrected chi connectivity index (χ3v) is 6.16. The number of benzene rings is 2. The molecule has 1 aliphatic heterocycles. The van der Waals surface area contributed by atoms with E-state index in [1.165, 1.54) is 10.8 Å². The second kappa shape index (κ2) is 7.70. The van der Waals surface area contributed by atoms with Crippen molar-refractivity contribution in [2.24, 2.45) is 7.05 Å². The van der Waals surface area contributed by atoms with Crippen molar-refractivity contribution in [1.29, 1.82) is 0 Å². The molecule has 1 N–H and O–H groups in total. The first-order chi connectivity index (χ1) is 13.2. The van der Waals surface area contributed by atoms with E-state index >= 15 is 0 Å². The molecule has 27 heavy (non-hydrogen) atoms. The van der Waals surface area contributed by atoms with Gasteiger partial charge in [0.1, 0.15) is 0 Å². The van der Waals surface area contributed by atoms with Crippen LogP contribution in [0.1, 0.15) is 12.8 Å². The lowest BCUT2D eigenvalue weighted by atomic mass is 9.98. The number of anilines is 1. The number of hydrogen-bond donors (Lipinski definition) is 1. The summed E-state index contributed by atoms with van der Waals surface area (Å²) < 4.78 is 7.19. The molecule has 5 heteroatoms. The highest BCUT2D eigenvalue weighted by molar-refractivity contribution is 6.52. The third-order valence-electron chi connectivity index (χ3n) is 5.27. The molecule has 0 saturated carbocycles. The first kappa shape index (κ1) is 18.0. The van der Waals surface area contributed by atoms with E-state index in [0.717, 1.165) is 57.6 Å². The van der Waals surface area contributed by atoms with Crippen molar-refractivity contribution in [1.82, 2.24) is 4.57 Å². The predicted molar refractivity (Wildman–Crippen MR) is 113 cm³/mol. The average Bonchev–Trinajstić information content (AvgIpc) is 2.72. The Labute approximate surface area is 162 Å². The minimum absolute atomic E-state index is 0.0433. The minimum atomic E-state index is 0.0433. The molecule has 1 fully saturated rings. The maximum atomic E-state index is 12.6. The molecule has 0 spiro atoms. The first-order valence-corrected chi connectivity index (χ1v) is 10.9. The van der Waals surface area contributed by atoms with Crippen LogP contribution in [0.15, 0.2) is 53.5 Å². The minimum Gasteiger partial charge on any atom is -0.382 e. The lowest BCUT2D eigenvalue weighted by molar-refractivity contribution is 0.0904. The molecule has 4 rings (SSSR count). The summed E-state index contributed by atoms with van der Waals surface area (Å²) in [6.07, 6.45) is 4.01. The van der Waals surface area contributed by atoms with Crippen molar-refractivity contribution >= 4 is 31.2 Å². The first-order valence-electron chi connectivity index (χ1n) is 9.42. The zero-order chi connectivity index (χ0) is 18.8. The number of pyridine rings is 1. The Morgan fingerprint density at radius 2 is 1.81 bits per heavy atom. The maximum absolute atomic E-state index is 12.6. The molecular weight excluding hydrogens is 352 g/mol. The predicted octanol–water partition coefficient (Wildman–Crippen LogP) is 3.17. The molecule has 1 saturated heterocycles. The molecule has 138 valence electrons. The number of hydrogen-bond acceptors (Lipinski definition) is 3. The van der Waals surface area contributed by atoms with Gasteiger partial charge in [-0.1, -0.05) is 42.1 Å². The smallest absolute Gasteiger partial charge is 0.258 e. The lowest BCUT2D eigenvalue weighted by Gasteiger charge is -2.26. The van der Waals surface area contributed by atoms with Crippen molar-refractivity contribution in [3.05, 3.63) is 59.0 Å². The topological polar surface area (TPSA) is 43.3 Å². The van der Waals surface area contributed by atoms with Gasteiger partial charge in [0.15, 0.2) is 0 Å². The molecule has 2 aromatic carbocycles. The molecule has 1 aromatic heterocycles. The van der Waals surface area contributed by atoms with Crippen LogP contribution in [0.2, 0.25) is 6.55 Å². The van der Waals surface area contributed by atoms with E-state index in [-0.39, 0.29) is 5.56 Å². The number of aryl methyl sites for hydroxylation is 1. The number of ether oxygens (including phenoxy) is 1. The van der Waals surface area contributed by atoms with Crippen molar-refractivity contribution < 1.29 is 4.74 Å². The summed E-state index contributed by atoms with van der Waals surface area (Å²) in [4.78, 5) is 12.6. The molecule has 0 amide bonds. The van der Waals surface area contributed by atoms with Crippen LogP contribution in [-0.2, 0) is 11.8 Å². The van der Waals surface area contributed by atoms with E-state index in [2.05, 4.69) is 30.1 Å². The van der Waals surface area contributed by atoms with E-state index in [9.17, 15) is 4.79 Å². The van der Waals surface area contributed by atoms with Crippen LogP contribution in [0.4, 0.5) is 5.69 Å². The fourth-order valence-corrected chi connectivity index (χ4v) is 4.28. The summed E-state index contributed by atoms with van der Waals surface area (Å²) in [5.41, 5.74) is 3.44. The molecule has 2 heterocycles. The Hall–Kier alpha value is -2.37. The van der Waals surface area contributed by atoms with E-state index in [1.54, 1.807) is 4.57 Å². The van der Waals surface area contributed by atoms with Crippen LogP contribution in [-0.4, -0.2) is 33.3 Å². The highest BCUT2D eigenvalue weighted by Crippen LogP contribution is 2.33. The highest BCUT2D eigenvalue weighted by Gasteiger charge is 2.17. The summed E-state index contributed by atoms with van der Waals surface area (Å²) in [5, 5.41) is 6.82. The Morgan fingerprint density at radius 1 is 1.07 bits per heavy atom. The number of aromatic nitrogens is 1. The van der Waals surface area contributed by atoms with E-state index < -0.39 is 0 Å². The zero-order valence-electron chi connectivity index (χ0n) is 15.8. The number of nitrogens with one attached hydrogen (secondary N) is 1. The van der Waals surface area contributed by atoms with E-state index in [1.807, 2.05) is 37.5 Å². The van der Waals surface area contributed by atoms with Gasteiger partial charge in [-0.15, -0.1) is 0 Å². The Morgan fingerprint density at radius 3 is 2.56 bits per heavy atom. The summed E-state index contributed by atoms with van der Waals surface area (Å²) in [7, 11) is 2.56. The lowest BCUT2D eigenvalue weighted by Crippen LogP contribution is -2.28. The molecule has 3 aromatic rings. The highest BCUT2D eigenvalue weighted by atomic mass is 28.2. The number of fused-ring (bicyclic) bond motifs is 1. The van der Waals surface area contributed by atoms with Gasteiger partial charge < -0.3 is 14.6 Å². The van der Waals surface area contributed by atoms with Crippen molar-refractivity contribution in [2.45, 2.75) is 25.4 Å². The monoisotopic (exact) mass is 376 g/mol. The van der Waals surface area contributed by atoms with Crippen molar-refractivity contribution in [3.8, 4) is 11.1 Å². The molecule has 0 bridgehead atoms. The van der Waals surface area contributed by atoms with Crippen molar-refractivity contribution in [3.63, 3.8) is 0 Å². The fraction of sp³-hybridized carbons (Fsp3) is 0.318. The zero-order valence-corrected chi connectivity index (χ0v) is 16.8. The number of nitrogens with zero attached hydrogens (tertiary/aromatic N) is 1. The fourth-order valence-electron chi connectivity index (χ4n) is 3.74. The Bertz CT molecular complexity index is 1020. The van der Waals surface area contributed by atoms with Gasteiger partial charge in [0.25, 0.3) is 5.56 Å². The van der Waals surface area contributed by atoms with E-state index in [0.29, 0.717) is 6.04 Å². The van der Waals surface area contributed by atoms with Gasteiger partial charge in [-0.25, -0.2) is 0 Å². The summed E-state index contributed by atoms with van der Waals surface area (Å²) in [5.74, 6) is 0. The molecule has 2 radical (unpaired) electrons. The van der Waals surface area contributed by atoms with Crippen LogP contribution in [0, 0.1) is 0 Å². The SMILES string of the molecule is C[Si]c1ccc(NC2CCOCC2)c(-c2cn(C)c(=O)c3ccccc23)c1. The van der Waals surface area contributed by atoms with Gasteiger partial charge in [-0.2, -0.15) is 0 Å². The summed E-state index contributed by atoms with van der Waals surface area (Å²) >= 11 is 0. The second-order valence-electron chi connectivity index (χ2n) is 7.05. The second-order valence-corrected chi connectivity index (χ2v) is 8.12. The molecule has 0 aliphatic carbocycles. The van der Waals surface area contributed by atoms with Crippen molar-refractivity contribution in [2.75, 3.05) is 18.5 Å². The van der Waals surface area contributed by atoms with Gasteiger partial charge in [0.05, 0.1) is 9.52 Å². The van der Waals surface area contributed by atoms with Gasteiger partial charge >= 0.3 is 0 Å². The molecular formula is C22H24N2O2Si. The molecule has 1 aliphatic rings. The Balaban J connectivity index is 1.88. The summed E-state index contributed by atoms with van der Waals surface area (Å²) in [6, 6.07) is 15.0. The summed E-state index contributed by atoms with van der Waals surface area (Å²) in [6.45, 7) is 3.82. The van der Waals surface area contributed by atoms with E-state index in [4.69, 9.17) is 4.74 Å². The van der Waals surface area contributed by atoms with Gasteiger partial charge in [0.2, 0.25) is 0 Å². The standard InChI is InChI=1S/C22H24N2O2Si/c1-24-14-20(17-5-3-4-6-18(17)22(24)25)19-13-16(27-2)7-8-21(19)23-15-9-11-26-12-10-15/h3-8,13-15,23H,9-12H2,1-2H3. The van der Waals surface area contributed by atoms with Gasteiger partial charge in [-0.3, -0.25) is 4.79 Å². The van der Waals surface area contributed by atoms with Crippen LogP contribution in [0.3, 0.4) is 0 Å². The molecule has 4 nitrogen and oxygen atoms in total. The quantitative estimate of drug-likeness (QED) is 0.711. The van der Waals surface area contributed by atoms with Crippen LogP contribution >= 0.6 is 0 Å². The van der Waals surface area contributed by atoms with Crippen LogP contribution in [0.25, 0.3) is 21.9 Å².